The molecule has 0 saturated carbocycles. The first-order valence-electron chi connectivity index (χ1n) is 14.0. The van der Waals surface area contributed by atoms with Crippen LogP contribution in [0.1, 0.15) is 54.1 Å². The average Bonchev–Trinajstić information content (AvgIpc) is 2.99. The van der Waals surface area contributed by atoms with E-state index in [1.54, 1.807) is 31.2 Å². The molecule has 43 heavy (non-hydrogen) atoms. The lowest BCUT2D eigenvalue weighted by molar-refractivity contribution is 0.142. The normalized spacial score (nSPS) is 15.3. The summed E-state index contributed by atoms with van der Waals surface area (Å²) in [7, 11) is -4.38. The van der Waals surface area contributed by atoms with Crippen LogP contribution in [0.15, 0.2) is 95.9 Å². The number of amides is 1. The van der Waals surface area contributed by atoms with E-state index in [2.05, 4.69) is 11.4 Å². The van der Waals surface area contributed by atoms with E-state index >= 15 is 4.39 Å². The fraction of sp³-hybridized carbons (Fsp3) is 0.242. The molecule has 0 fully saturated rings. The van der Waals surface area contributed by atoms with Crippen molar-refractivity contribution >= 4 is 33.4 Å². The Morgan fingerprint density at radius 1 is 1.02 bits per heavy atom. The molecule has 4 aromatic carbocycles. The Balaban J connectivity index is 1.37. The van der Waals surface area contributed by atoms with Crippen molar-refractivity contribution in [2.24, 2.45) is 0 Å². The van der Waals surface area contributed by atoms with E-state index in [0.29, 0.717) is 16.1 Å². The first-order valence-corrected chi connectivity index (χ1v) is 15.8. The summed E-state index contributed by atoms with van der Waals surface area (Å²) in [5.41, 5.74) is 3.12. The molecular formula is C33H31ClF2N2O4S. The van der Waals surface area contributed by atoms with Gasteiger partial charge in [-0.1, -0.05) is 60.1 Å². The van der Waals surface area contributed by atoms with Gasteiger partial charge in [-0.3, -0.25) is 4.31 Å². The van der Waals surface area contributed by atoms with Crippen LogP contribution in [0.25, 0.3) is 0 Å². The number of hydrogen-bond acceptors (Lipinski definition) is 4. The predicted molar refractivity (Wildman–Crippen MR) is 163 cm³/mol. The van der Waals surface area contributed by atoms with Crippen LogP contribution in [0.5, 0.6) is 0 Å². The van der Waals surface area contributed by atoms with E-state index in [0.717, 1.165) is 47.3 Å². The third kappa shape index (κ3) is 6.84. The molecule has 0 aliphatic heterocycles. The van der Waals surface area contributed by atoms with Gasteiger partial charge in [0.25, 0.3) is 10.0 Å². The zero-order valence-corrected chi connectivity index (χ0v) is 25.0. The fourth-order valence-corrected chi connectivity index (χ4v) is 7.32. The van der Waals surface area contributed by atoms with E-state index in [9.17, 15) is 17.6 Å². The van der Waals surface area contributed by atoms with Crippen molar-refractivity contribution < 1.29 is 26.7 Å². The molecule has 6 nitrogen and oxygen atoms in total. The number of rotatable bonds is 9. The van der Waals surface area contributed by atoms with Gasteiger partial charge >= 0.3 is 6.09 Å². The summed E-state index contributed by atoms with van der Waals surface area (Å²) in [6.45, 7) is 1.63. The Hall–Kier alpha value is -3.95. The minimum atomic E-state index is -4.38. The molecule has 5 rings (SSSR count). The molecule has 4 aromatic rings. The Bertz CT molecular complexity index is 1720. The number of hydrogen-bond donors (Lipinski definition) is 1. The van der Waals surface area contributed by atoms with Gasteiger partial charge < -0.3 is 10.1 Å². The molecule has 1 unspecified atom stereocenters. The maximum Gasteiger partial charge on any atom is 0.407 e. The van der Waals surface area contributed by atoms with Gasteiger partial charge in [0.1, 0.15) is 11.6 Å². The Labute approximate surface area is 255 Å². The van der Waals surface area contributed by atoms with Gasteiger partial charge in [0, 0.05) is 17.5 Å². The van der Waals surface area contributed by atoms with Gasteiger partial charge in [-0.25, -0.2) is 22.0 Å². The molecule has 1 N–H and O–H groups in total. The maximum absolute atomic E-state index is 15.1. The van der Waals surface area contributed by atoms with Gasteiger partial charge in [0.05, 0.1) is 29.3 Å². The summed E-state index contributed by atoms with van der Waals surface area (Å²) < 4.78 is 63.7. The average molecular weight is 625 g/mol. The number of nitrogens with one attached hydrogen (secondary N) is 1. The van der Waals surface area contributed by atoms with E-state index in [1.807, 2.05) is 18.2 Å². The summed E-state index contributed by atoms with van der Waals surface area (Å²) >= 11 is 5.97. The SMILES string of the molecule is C[C@H](c1ccccc1CCOC(=O)NC1CCCc2ccccc21)N(c1cc(F)ccc1F)S(=O)(=O)c1ccc(Cl)cc1. The Morgan fingerprint density at radius 2 is 1.74 bits per heavy atom. The monoisotopic (exact) mass is 624 g/mol. The van der Waals surface area contributed by atoms with E-state index < -0.39 is 39.5 Å². The number of halogens is 3. The smallest absolute Gasteiger partial charge is 0.407 e. The number of fused-ring (bicyclic) bond motifs is 1. The molecule has 0 radical (unpaired) electrons. The van der Waals surface area contributed by atoms with Gasteiger partial charge in [0.2, 0.25) is 0 Å². The lowest BCUT2D eigenvalue weighted by Gasteiger charge is -2.32. The van der Waals surface area contributed by atoms with Crippen LogP contribution in [0.4, 0.5) is 19.3 Å². The number of benzene rings is 4. The number of carbonyl (C=O) groups is 1. The fourth-order valence-electron chi connectivity index (χ4n) is 5.56. The second-order valence-electron chi connectivity index (χ2n) is 10.4. The molecule has 1 amide bonds. The predicted octanol–water partition coefficient (Wildman–Crippen LogP) is 7.92. The summed E-state index contributed by atoms with van der Waals surface area (Å²) in [6.07, 6.45) is 2.49. The van der Waals surface area contributed by atoms with Crippen molar-refractivity contribution in [2.45, 2.75) is 49.6 Å². The lowest BCUT2D eigenvalue weighted by Crippen LogP contribution is -2.35. The summed E-state index contributed by atoms with van der Waals surface area (Å²) in [5, 5.41) is 3.29. The lowest BCUT2D eigenvalue weighted by atomic mass is 9.88. The number of ether oxygens (including phenoxy) is 1. The van der Waals surface area contributed by atoms with E-state index in [1.165, 1.54) is 29.8 Å². The molecule has 1 aliphatic carbocycles. The number of nitrogens with zero attached hydrogens (tertiary/aromatic N) is 1. The van der Waals surface area contributed by atoms with Gasteiger partial charge in [-0.05, 0) is 84.8 Å². The molecule has 0 spiro atoms. The Kier molecular flexibility index (Phi) is 9.32. The molecule has 0 heterocycles. The van der Waals surface area contributed by atoms with Crippen molar-refractivity contribution in [1.82, 2.24) is 5.32 Å². The molecular weight excluding hydrogens is 594 g/mol. The van der Waals surface area contributed by atoms with Crippen LogP contribution in [-0.4, -0.2) is 21.1 Å². The van der Waals surface area contributed by atoms with Crippen molar-refractivity contribution in [3.05, 3.63) is 130 Å². The third-order valence-corrected chi connectivity index (χ3v) is 9.79. The highest BCUT2D eigenvalue weighted by Crippen LogP contribution is 2.37. The second kappa shape index (κ2) is 13.1. The minimum Gasteiger partial charge on any atom is -0.449 e. The maximum atomic E-state index is 15.1. The zero-order chi connectivity index (χ0) is 30.6. The number of alkyl carbamates (subject to hydrolysis) is 1. The standard InChI is InChI=1S/C33H31ClF2N2O4S/c1-22(38(32-21-26(35)15-18-30(32)36)43(40,41)27-16-13-25(34)14-17-27)28-10-4-2-8-24(28)19-20-42-33(39)37-31-12-6-9-23-7-3-5-11-29(23)31/h2-5,7-8,10-11,13-18,21-22,31H,6,9,12,19-20H2,1H3,(H,37,39)/t22-,31?/m1/s1. The minimum absolute atomic E-state index is 0.0300. The Morgan fingerprint density at radius 3 is 2.53 bits per heavy atom. The highest BCUT2D eigenvalue weighted by atomic mass is 35.5. The topological polar surface area (TPSA) is 75.7 Å². The number of carbonyl (C=O) groups excluding carboxylic acids is 1. The van der Waals surface area contributed by atoms with Crippen LogP contribution in [-0.2, 0) is 27.6 Å². The molecule has 1 aliphatic rings. The second-order valence-corrected chi connectivity index (χ2v) is 12.7. The molecule has 2 atom stereocenters. The zero-order valence-electron chi connectivity index (χ0n) is 23.5. The third-order valence-electron chi connectivity index (χ3n) is 7.64. The highest BCUT2D eigenvalue weighted by Gasteiger charge is 2.33. The number of sulfonamides is 1. The molecule has 0 saturated heterocycles. The summed E-state index contributed by atoms with van der Waals surface area (Å²) in [4.78, 5) is 12.6. The van der Waals surface area contributed by atoms with Gasteiger partial charge in [0.15, 0.2) is 0 Å². The first-order chi connectivity index (χ1) is 20.6. The van der Waals surface area contributed by atoms with Crippen LogP contribution in [0.2, 0.25) is 5.02 Å². The number of aryl methyl sites for hydroxylation is 1. The van der Waals surface area contributed by atoms with Crippen LogP contribution in [0, 0.1) is 11.6 Å². The van der Waals surface area contributed by atoms with Gasteiger partial charge in [-0.2, -0.15) is 0 Å². The summed E-state index contributed by atoms with van der Waals surface area (Å²) in [5.74, 6) is -1.68. The van der Waals surface area contributed by atoms with Crippen LogP contribution >= 0.6 is 11.6 Å². The van der Waals surface area contributed by atoms with Crippen LogP contribution < -0.4 is 9.62 Å². The highest BCUT2D eigenvalue weighted by molar-refractivity contribution is 7.92. The van der Waals surface area contributed by atoms with Gasteiger partial charge in [-0.15, -0.1) is 0 Å². The first kappa shape index (κ1) is 30.5. The van der Waals surface area contributed by atoms with E-state index in [4.69, 9.17) is 16.3 Å². The summed E-state index contributed by atoms with van der Waals surface area (Å²) in [6, 6.07) is 22.1. The van der Waals surface area contributed by atoms with Crippen molar-refractivity contribution in [3.8, 4) is 0 Å². The molecule has 10 heteroatoms. The van der Waals surface area contributed by atoms with Crippen molar-refractivity contribution in [1.29, 1.82) is 0 Å². The number of anilines is 1. The molecule has 0 bridgehead atoms. The van der Waals surface area contributed by atoms with Crippen molar-refractivity contribution in [2.75, 3.05) is 10.9 Å². The van der Waals surface area contributed by atoms with Crippen molar-refractivity contribution in [3.63, 3.8) is 0 Å². The van der Waals surface area contributed by atoms with E-state index in [-0.39, 0.29) is 24.0 Å². The quantitative estimate of drug-likeness (QED) is 0.205. The van der Waals surface area contributed by atoms with Crippen LogP contribution in [0.3, 0.4) is 0 Å². The largest absolute Gasteiger partial charge is 0.449 e. The molecule has 0 aromatic heterocycles. The molecule has 224 valence electrons.